The Morgan fingerprint density at radius 1 is 1.03 bits per heavy atom. The Morgan fingerprint density at radius 3 is 2.51 bits per heavy atom. The molecule has 4 rings (SSSR count). The lowest BCUT2D eigenvalue weighted by Gasteiger charge is -2.26. The van der Waals surface area contributed by atoms with Gasteiger partial charge < -0.3 is 4.74 Å². The molecule has 1 fully saturated rings. The fourth-order valence-corrected chi connectivity index (χ4v) is 3.85. The number of rotatable bonds is 6. The molecular weight excluding hydrogens is 474 g/mol. The van der Waals surface area contributed by atoms with Crippen molar-refractivity contribution in [2.75, 3.05) is 12.0 Å². The molecule has 0 bridgehead atoms. The van der Waals surface area contributed by atoms with Crippen LogP contribution in [0.3, 0.4) is 0 Å². The monoisotopic (exact) mass is 491 g/mol. The van der Waals surface area contributed by atoms with Crippen LogP contribution in [-0.2, 0) is 16.0 Å². The summed E-state index contributed by atoms with van der Waals surface area (Å²) in [6.07, 6.45) is 1.76. The average molecular weight is 492 g/mol. The summed E-state index contributed by atoms with van der Waals surface area (Å²) in [5.41, 5.74) is 1.45. The number of methoxy groups -OCH3 is 1. The van der Waals surface area contributed by atoms with Crippen LogP contribution in [0.15, 0.2) is 72.3 Å². The van der Waals surface area contributed by atoms with Crippen LogP contribution in [0, 0.1) is 10.1 Å². The number of hydrogen-bond acceptors (Lipinski definition) is 6. The molecule has 0 aromatic heterocycles. The lowest BCUT2D eigenvalue weighted by atomic mass is 9.97. The molecule has 1 aliphatic heterocycles. The zero-order valence-corrected chi connectivity index (χ0v) is 19.1. The van der Waals surface area contributed by atoms with Crippen LogP contribution in [0.5, 0.6) is 5.75 Å². The standard InChI is InChI=1S/C25H18ClN3O6/c1-35-20-10-9-15(17(12-20)11-16-5-2-3-8-22(16)26)13-21-23(30)27-25(32)28(24(21)31)18-6-4-7-19(14-18)29(33)34/h2-10,12-14H,11H2,1H3,(H,27,30,32)/b21-13+. The maximum absolute atomic E-state index is 13.2. The van der Waals surface area contributed by atoms with Gasteiger partial charge in [-0.15, -0.1) is 0 Å². The van der Waals surface area contributed by atoms with Crippen LogP contribution >= 0.6 is 11.6 Å². The topological polar surface area (TPSA) is 119 Å². The summed E-state index contributed by atoms with van der Waals surface area (Å²) in [5, 5.41) is 13.8. The van der Waals surface area contributed by atoms with Crippen LogP contribution in [0.2, 0.25) is 5.02 Å². The molecule has 1 aliphatic rings. The lowest BCUT2D eigenvalue weighted by Crippen LogP contribution is -2.54. The zero-order chi connectivity index (χ0) is 25.1. The van der Waals surface area contributed by atoms with Gasteiger partial charge in [0, 0.05) is 17.2 Å². The van der Waals surface area contributed by atoms with Crippen molar-refractivity contribution in [2.24, 2.45) is 0 Å². The highest BCUT2D eigenvalue weighted by Crippen LogP contribution is 2.28. The number of halogens is 1. The highest BCUT2D eigenvalue weighted by molar-refractivity contribution is 6.39. The number of amides is 4. The van der Waals surface area contributed by atoms with Gasteiger partial charge in [-0.2, -0.15) is 0 Å². The van der Waals surface area contributed by atoms with E-state index >= 15 is 0 Å². The summed E-state index contributed by atoms with van der Waals surface area (Å²) in [4.78, 5) is 49.5. The number of carbonyl (C=O) groups excluding carboxylic acids is 3. The van der Waals surface area contributed by atoms with Crippen molar-refractivity contribution < 1.29 is 24.0 Å². The van der Waals surface area contributed by atoms with Gasteiger partial charge in [-0.1, -0.05) is 41.9 Å². The molecule has 3 aromatic rings. The number of nitrogens with one attached hydrogen (secondary N) is 1. The van der Waals surface area contributed by atoms with E-state index in [2.05, 4.69) is 5.32 Å². The second-order valence-corrected chi connectivity index (χ2v) is 7.97. The van der Waals surface area contributed by atoms with E-state index in [-0.39, 0.29) is 16.9 Å². The molecule has 1 heterocycles. The first-order valence-electron chi connectivity index (χ1n) is 10.3. The van der Waals surface area contributed by atoms with Gasteiger partial charge in [0.2, 0.25) is 0 Å². The third-order valence-electron chi connectivity index (χ3n) is 5.39. The van der Waals surface area contributed by atoms with E-state index in [1.807, 2.05) is 18.2 Å². The van der Waals surface area contributed by atoms with Crippen LogP contribution in [-0.4, -0.2) is 29.9 Å². The largest absolute Gasteiger partial charge is 0.497 e. The number of urea groups is 1. The summed E-state index contributed by atoms with van der Waals surface area (Å²) >= 11 is 6.32. The molecule has 4 amide bonds. The highest BCUT2D eigenvalue weighted by atomic mass is 35.5. The number of hydrogen-bond donors (Lipinski definition) is 1. The lowest BCUT2D eigenvalue weighted by molar-refractivity contribution is -0.384. The minimum absolute atomic E-state index is 0.0360. The Morgan fingerprint density at radius 2 is 1.80 bits per heavy atom. The highest BCUT2D eigenvalue weighted by Gasteiger charge is 2.37. The van der Waals surface area contributed by atoms with Gasteiger partial charge in [0.05, 0.1) is 17.7 Å². The molecular formula is C25H18ClN3O6. The Bertz CT molecular complexity index is 1400. The number of nitro groups is 1. The molecule has 1 saturated heterocycles. The van der Waals surface area contributed by atoms with E-state index in [0.717, 1.165) is 17.2 Å². The molecule has 0 unspecified atom stereocenters. The fourth-order valence-electron chi connectivity index (χ4n) is 3.64. The van der Waals surface area contributed by atoms with Gasteiger partial charge in [-0.3, -0.25) is 25.0 Å². The number of carbonyl (C=O) groups is 3. The summed E-state index contributed by atoms with van der Waals surface area (Å²) in [7, 11) is 1.52. The van der Waals surface area contributed by atoms with Crippen LogP contribution in [0.4, 0.5) is 16.2 Å². The molecule has 0 atom stereocenters. The van der Waals surface area contributed by atoms with Crippen LogP contribution < -0.4 is 15.0 Å². The number of imide groups is 2. The smallest absolute Gasteiger partial charge is 0.335 e. The molecule has 0 spiro atoms. The molecule has 10 heteroatoms. The minimum atomic E-state index is -0.997. The predicted octanol–water partition coefficient (Wildman–Crippen LogP) is 4.51. The quantitative estimate of drug-likeness (QED) is 0.234. The number of benzene rings is 3. The molecule has 0 aliphatic carbocycles. The van der Waals surface area contributed by atoms with Crippen molar-refractivity contribution in [1.82, 2.24) is 5.32 Å². The maximum Gasteiger partial charge on any atom is 0.335 e. The molecule has 3 aromatic carbocycles. The van der Waals surface area contributed by atoms with E-state index in [1.165, 1.54) is 31.4 Å². The molecule has 0 radical (unpaired) electrons. The van der Waals surface area contributed by atoms with Gasteiger partial charge in [0.15, 0.2) is 0 Å². The summed E-state index contributed by atoms with van der Waals surface area (Å²) in [6, 6.07) is 16.4. The van der Waals surface area contributed by atoms with Gasteiger partial charge >= 0.3 is 6.03 Å². The van der Waals surface area contributed by atoms with Crippen molar-refractivity contribution in [3.05, 3.63) is 104 Å². The van der Waals surface area contributed by atoms with Crippen LogP contribution in [0.25, 0.3) is 6.08 Å². The Labute approximate surface area is 204 Å². The number of anilines is 1. The van der Waals surface area contributed by atoms with Crippen molar-refractivity contribution >= 4 is 46.9 Å². The number of ether oxygens (including phenoxy) is 1. The van der Waals surface area contributed by atoms with Crippen molar-refractivity contribution in [3.8, 4) is 5.75 Å². The van der Waals surface area contributed by atoms with Gasteiger partial charge in [0.25, 0.3) is 17.5 Å². The summed E-state index contributed by atoms with van der Waals surface area (Å²) in [5.74, 6) is -1.21. The summed E-state index contributed by atoms with van der Waals surface area (Å²) < 4.78 is 5.32. The second-order valence-electron chi connectivity index (χ2n) is 7.57. The first kappa shape index (κ1) is 23.7. The number of nitrogens with zero attached hydrogens (tertiary/aromatic N) is 2. The maximum atomic E-state index is 13.2. The van der Waals surface area contributed by atoms with Crippen molar-refractivity contribution in [3.63, 3.8) is 0 Å². The molecule has 9 nitrogen and oxygen atoms in total. The Hall–Kier alpha value is -4.50. The van der Waals surface area contributed by atoms with E-state index in [0.29, 0.717) is 27.7 Å². The second kappa shape index (κ2) is 9.78. The van der Waals surface area contributed by atoms with E-state index < -0.39 is 22.8 Å². The normalized spacial score (nSPS) is 14.7. The van der Waals surface area contributed by atoms with Gasteiger partial charge in [0.1, 0.15) is 11.3 Å². The van der Waals surface area contributed by atoms with E-state index in [9.17, 15) is 24.5 Å². The van der Waals surface area contributed by atoms with Crippen molar-refractivity contribution in [1.29, 1.82) is 0 Å². The van der Waals surface area contributed by atoms with E-state index in [1.54, 1.807) is 24.3 Å². The Kier molecular flexibility index (Phi) is 6.61. The van der Waals surface area contributed by atoms with Crippen molar-refractivity contribution in [2.45, 2.75) is 6.42 Å². The first-order chi connectivity index (χ1) is 16.8. The van der Waals surface area contributed by atoms with Crippen LogP contribution in [0.1, 0.15) is 16.7 Å². The number of non-ortho nitro benzene ring substituents is 1. The summed E-state index contributed by atoms with van der Waals surface area (Å²) in [6.45, 7) is 0. The van der Waals surface area contributed by atoms with E-state index in [4.69, 9.17) is 16.3 Å². The molecule has 176 valence electrons. The Balaban J connectivity index is 1.76. The minimum Gasteiger partial charge on any atom is -0.497 e. The zero-order valence-electron chi connectivity index (χ0n) is 18.4. The number of barbiturate groups is 1. The van der Waals surface area contributed by atoms with Gasteiger partial charge in [-0.05, 0) is 53.5 Å². The first-order valence-corrected chi connectivity index (χ1v) is 10.7. The SMILES string of the molecule is COc1ccc(/C=C2\C(=O)NC(=O)N(c3cccc([N+](=O)[O-])c3)C2=O)c(Cc2ccccc2Cl)c1. The average Bonchev–Trinajstić information content (AvgIpc) is 2.84. The van der Waals surface area contributed by atoms with Gasteiger partial charge in [-0.25, -0.2) is 9.69 Å². The molecule has 0 saturated carbocycles. The molecule has 35 heavy (non-hydrogen) atoms. The third kappa shape index (κ3) is 4.90. The number of nitro benzene ring substituents is 1. The third-order valence-corrected chi connectivity index (χ3v) is 5.76. The molecule has 1 N–H and O–H groups in total. The fraction of sp³-hybridized carbons (Fsp3) is 0.0800. The predicted molar refractivity (Wildman–Crippen MR) is 129 cm³/mol.